The van der Waals surface area contributed by atoms with Crippen LogP contribution in [0.4, 0.5) is 13.2 Å². The highest BCUT2D eigenvalue weighted by atomic mass is 79.9. The molecule has 0 saturated heterocycles. The highest BCUT2D eigenvalue weighted by Gasteiger charge is 2.21. The molecule has 0 aromatic heterocycles. The Kier molecular flexibility index (Phi) is 3.21. The second kappa shape index (κ2) is 3.86. The number of hydrogen-bond donors (Lipinski definition) is 1. The van der Waals surface area contributed by atoms with Gasteiger partial charge >= 0.3 is 0 Å². The Morgan fingerprint density at radius 1 is 1.15 bits per heavy atom. The normalized spacial score (nSPS) is 10.6. The Morgan fingerprint density at radius 2 is 1.69 bits per heavy atom. The van der Waals surface area contributed by atoms with Crippen molar-refractivity contribution < 1.29 is 13.2 Å². The van der Waals surface area contributed by atoms with E-state index in [1.165, 1.54) is 0 Å². The SMILES string of the molecule is NCc1c(F)c(F)c(Br)c(F)c1Cl. The first-order valence-corrected chi connectivity index (χ1v) is 4.38. The van der Waals surface area contributed by atoms with Gasteiger partial charge in [0.05, 0.1) is 9.50 Å². The summed E-state index contributed by atoms with van der Waals surface area (Å²) in [7, 11) is 0. The van der Waals surface area contributed by atoms with Crippen LogP contribution in [0, 0.1) is 17.5 Å². The molecule has 2 N–H and O–H groups in total. The van der Waals surface area contributed by atoms with Crippen molar-refractivity contribution in [2.24, 2.45) is 5.73 Å². The molecule has 0 saturated carbocycles. The number of rotatable bonds is 1. The fraction of sp³-hybridized carbons (Fsp3) is 0.143. The third kappa shape index (κ3) is 1.68. The van der Waals surface area contributed by atoms with E-state index in [9.17, 15) is 13.2 Å². The third-order valence-electron chi connectivity index (χ3n) is 1.50. The molecule has 0 spiro atoms. The van der Waals surface area contributed by atoms with Crippen LogP contribution in [0.2, 0.25) is 5.02 Å². The standard InChI is InChI=1S/C7H4BrClF3N/c8-3-6(11)4(9)2(1-13)5(10)7(3)12/h1,13H2. The van der Waals surface area contributed by atoms with Gasteiger partial charge in [0.15, 0.2) is 17.5 Å². The van der Waals surface area contributed by atoms with E-state index in [4.69, 9.17) is 17.3 Å². The molecule has 0 atom stereocenters. The van der Waals surface area contributed by atoms with Crippen LogP contribution in [0.3, 0.4) is 0 Å². The molecule has 1 aromatic carbocycles. The molecule has 0 unspecified atom stereocenters. The lowest BCUT2D eigenvalue weighted by molar-refractivity contribution is 0.478. The van der Waals surface area contributed by atoms with E-state index in [0.717, 1.165) is 0 Å². The van der Waals surface area contributed by atoms with Gasteiger partial charge in [-0.3, -0.25) is 0 Å². The van der Waals surface area contributed by atoms with Crippen LogP contribution >= 0.6 is 27.5 Å². The lowest BCUT2D eigenvalue weighted by Gasteiger charge is -2.07. The number of hydrogen-bond acceptors (Lipinski definition) is 1. The van der Waals surface area contributed by atoms with Gasteiger partial charge in [-0.25, -0.2) is 13.2 Å². The fourth-order valence-electron chi connectivity index (χ4n) is 0.830. The highest BCUT2D eigenvalue weighted by molar-refractivity contribution is 9.10. The predicted molar refractivity (Wildman–Crippen MR) is 46.9 cm³/mol. The Labute approximate surface area is 85.8 Å². The maximum absolute atomic E-state index is 13.0. The van der Waals surface area contributed by atoms with E-state index in [-0.39, 0.29) is 12.1 Å². The monoisotopic (exact) mass is 273 g/mol. The summed E-state index contributed by atoms with van der Waals surface area (Å²) in [6.07, 6.45) is 0. The number of nitrogens with two attached hydrogens (primary N) is 1. The summed E-state index contributed by atoms with van der Waals surface area (Å²) in [5, 5.41) is -0.492. The molecule has 0 bridgehead atoms. The molecule has 0 aliphatic rings. The molecule has 0 aliphatic carbocycles. The van der Waals surface area contributed by atoms with Gasteiger partial charge in [-0.15, -0.1) is 0 Å². The number of halogens is 5. The van der Waals surface area contributed by atoms with Crippen LogP contribution in [-0.2, 0) is 6.54 Å². The van der Waals surface area contributed by atoms with Crippen molar-refractivity contribution in [1.29, 1.82) is 0 Å². The second-order valence-corrected chi connectivity index (χ2v) is 3.42. The topological polar surface area (TPSA) is 26.0 Å². The molecule has 13 heavy (non-hydrogen) atoms. The minimum absolute atomic E-state index is 0.355. The van der Waals surface area contributed by atoms with Gasteiger partial charge in [0, 0.05) is 12.1 Å². The Morgan fingerprint density at radius 3 is 2.15 bits per heavy atom. The maximum atomic E-state index is 13.0. The van der Waals surface area contributed by atoms with E-state index < -0.39 is 26.9 Å². The summed E-state index contributed by atoms with van der Waals surface area (Å²) in [4.78, 5) is 0. The van der Waals surface area contributed by atoms with Gasteiger partial charge in [0.2, 0.25) is 0 Å². The predicted octanol–water partition coefficient (Wildman–Crippen LogP) is 2.98. The van der Waals surface area contributed by atoms with Crippen LogP contribution in [0.15, 0.2) is 4.47 Å². The highest BCUT2D eigenvalue weighted by Crippen LogP contribution is 2.31. The largest absolute Gasteiger partial charge is 0.326 e. The molecule has 0 heterocycles. The smallest absolute Gasteiger partial charge is 0.176 e. The van der Waals surface area contributed by atoms with Crippen molar-refractivity contribution in [3.8, 4) is 0 Å². The van der Waals surface area contributed by atoms with Gasteiger partial charge in [0.1, 0.15) is 0 Å². The summed E-state index contributed by atoms with van der Waals surface area (Å²) < 4.78 is 38.2. The van der Waals surface area contributed by atoms with Crippen LogP contribution in [0.1, 0.15) is 5.56 Å². The molecule has 0 radical (unpaired) electrons. The second-order valence-electron chi connectivity index (χ2n) is 2.25. The van der Waals surface area contributed by atoms with Crippen molar-refractivity contribution in [3.63, 3.8) is 0 Å². The summed E-state index contributed by atoms with van der Waals surface area (Å²) in [5.41, 5.74) is 4.71. The first-order chi connectivity index (χ1) is 6.00. The van der Waals surface area contributed by atoms with E-state index in [1.807, 2.05) is 0 Å². The molecule has 0 amide bonds. The van der Waals surface area contributed by atoms with Crippen molar-refractivity contribution in [2.75, 3.05) is 0 Å². The molecule has 6 heteroatoms. The van der Waals surface area contributed by atoms with E-state index >= 15 is 0 Å². The Hall–Kier alpha value is -0.260. The van der Waals surface area contributed by atoms with Crippen LogP contribution in [0.5, 0.6) is 0 Å². The first-order valence-electron chi connectivity index (χ1n) is 3.21. The molecule has 1 aromatic rings. The quantitative estimate of drug-likeness (QED) is 0.618. The number of benzene rings is 1. The lowest BCUT2D eigenvalue weighted by atomic mass is 10.2. The average Bonchev–Trinajstić information content (AvgIpc) is 2.13. The van der Waals surface area contributed by atoms with E-state index in [2.05, 4.69) is 15.9 Å². The lowest BCUT2D eigenvalue weighted by Crippen LogP contribution is -2.06. The van der Waals surface area contributed by atoms with Crippen molar-refractivity contribution in [3.05, 3.63) is 32.5 Å². The van der Waals surface area contributed by atoms with Gasteiger partial charge in [-0.05, 0) is 15.9 Å². The van der Waals surface area contributed by atoms with Gasteiger partial charge < -0.3 is 5.73 Å². The van der Waals surface area contributed by atoms with Gasteiger partial charge in [-0.1, -0.05) is 11.6 Å². The van der Waals surface area contributed by atoms with Gasteiger partial charge in [0.25, 0.3) is 0 Å². The fourth-order valence-corrected chi connectivity index (χ4v) is 1.57. The van der Waals surface area contributed by atoms with Crippen LogP contribution in [-0.4, -0.2) is 0 Å². The van der Waals surface area contributed by atoms with Crippen molar-refractivity contribution in [1.82, 2.24) is 0 Å². The molecule has 0 fully saturated rings. The third-order valence-corrected chi connectivity index (χ3v) is 2.60. The molecule has 72 valence electrons. The summed E-state index contributed by atoms with van der Waals surface area (Å²) in [6, 6.07) is 0. The van der Waals surface area contributed by atoms with Crippen molar-refractivity contribution >= 4 is 27.5 Å². The van der Waals surface area contributed by atoms with E-state index in [1.54, 1.807) is 0 Å². The Balaban J connectivity index is 3.56. The van der Waals surface area contributed by atoms with Crippen LogP contribution < -0.4 is 5.73 Å². The van der Waals surface area contributed by atoms with Crippen molar-refractivity contribution in [2.45, 2.75) is 6.54 Å². The molecule has 0 aliphatic heterocycles. The van der Waals surface area contributed by atoms with Gasteiger partial charge in [-0.2, -0.15) is 0 Å². The zero-order valence-corrected chi connectivity index (χ0v) is 8.52. The summed E-state index contributed by atoms with van der Waals surface area (Å²) >= 11 is 7.91. The summed E-state index contributed by atoms with van der Waals surface area (Å²) in [5.74, 6) is -3.58. The first kappa shape index (κ1) is 10.8. The molecular weight excluding hydrogens is 270 g/mol. The van der Waals surface area contributed by atoms with E-state index in [0.29, 0.717) is 0 Å². The molecule has 1 rings (SSSR count). The molecular formula is C7H4BrClF3N. The zero-order chi connectivity index (χ0) is 10.2. The molecule has 1 nitrogen and oxygen atoms in total. The average molecular weight is 274 g/mol. The Bertz CT molecular complexity index is 327. The van der Waals surface area contributed by atoms with Crippen LogP contribution in [0.25, 0.3) is 0 Å². The maximum Gasteiger partial charge on any atom is 0.176 e. The zero-order valence-electron chi connectivity index (χ0n) is 6.17. The minimum Gasteiger partial charge on any atom is -0.326 e. The minimum atomic E-state index is -1.32. The summed E-state index contributed by atoms with van der Waals surface area (Å²) in [6.45, 7) is -0.355.